The Hall–Kier alpha value is -0.310. The monoisotopic (exact) mass is 200 g/mol. The first kappa shape index (κ1) is 10.8. The van der Waals surface area contributed by atoms with Gasteiger partial charge in [-0.2, -0.15) is 0 Å². The van der Waals surface area contributed by atoms with Gasteiger partial charge in [-0.1, -0.05) is 20.3 Å². The van der Waals surface area contributed by atoms with Crippen LogP contribution < -0.4 is 10.6 Å². The second-order valence-corrected chi connectivity index (χ2v) is 4.20. The van der Waals surface area contributed by atoms with Crippen molar-refractivity contribution < 1.29 is 0 Å². The molecule has 0 aliphatic heterocycles. The van der Waals surface area contributed by atoms with Crippen LogP contribution in [0.15, 0.2) is 0 Å². The maximum atomic E-state index is 5.15. The lowest BCUT2D eigenvalue weighted by Crippen LogP contribution is -2.37. The molecule has 2 unspecified atom stereocenters. The van der Waals surface area contributed by atoms with Gasteiger partial charge in [-0.25, -0.2) is 0 Å². The maximum Gasteiger partial charge on any atom is 0.166 e. The maximum absolute atomic E-state index is 5.15. The lowest BCUT2D eigenvalue weighted by molar-refractivity contribution is 0.658. The number of nitrogens with one attached hydrogen (secondary N) is 2. The van der Waals surface area contributed by atoms with Crippen molar-refractivity contribution in [3.63, 3.8) is 0 Å². The summed E-state index contributed by atoms with van der Waals surface area (Å²) in [5.74, 6) is 0.881. The first-order chi connectivity index (χ1) is 6.27. The van der Waals surface area contributed by atoms with Crippen LogP contribution in [0.2, 0.25) is 0 Å². The minimum absolute atomic E-state index is 0.664. The van der Waals surface area contributed by atoms with Gasteiger partial charge in [-0.3, -0.25) is 0 Å². The highest BCUT2D eigenvalue weighted by Crippen LogP contribution is 2.34. The predicted octanol–water partition coefficient (Wildman–Crippen LogP) is 2.05. The van der Waals surface area contributed by atoms with Crippen LogP contribution >= 0.6 is 12.2 Å². The standard InChI is InChI=1S/C10H20N2S/c1-3-5-8-7-9(8)12-10(13)11-6-4-2/h8-9H,3-7H2,1-2H3,(H2,11,12,13). The molecule has 2 atom stereocenters. The quantitative estimate of drug-likeness (QED) is 0.664. The zero-order valence-electron chi connectivity index (χ0n) is 8.60. The molecule has 2 N–H and O–H groups in total. The molecule has 0 amide bonds. The van der Waals surface area contributed by atoms with Crippen molar-refractivity contribution in [2.45, 2.75) is 45.6 Å². The van der Waals surface area contributed by atoms with Gasteiger partial charge in [0.25, 0.3) is 0 Å². The van der Waals surface area contributed by atoms with E-state index in [1.54, 1.807) is 0 Å². The first-order valence-electron chi connectivity index (χ1n) is 5.32. The fourth-order valence-corrected chi connectivity index (χ4v) is 1.83. The summed E-state index contributed by atoms with van der Waals surface area (Å²) in [7, 11) is 0. The normalized spacial score (nSPS) is 25.4. The summed E-state index contributed by atoms with van der Waals surface area (Å²) < 4.78 is 0. The van der Waals surface area contributed by atoms with E-state index in [9.17, 15) is 0 Å². The van der Waals surface area contributed by atoms with Crippen LogP contribution in [0.3, 0.4) is 0 Å². The molecule has 1 aliphatic rings. The predicted molar refractivity (Wildman–Crippen MR) is 60.8 cm³/mol. The number of hydrogen-bond donors (Lipinski definition) is 2. The van der Waals surface area contributed by atoms with Crippen LogP contribution in [0.4, 0.5) is 0 Å². The third-order valence-corrected chi connectivity index (χ3v) is 2.70. The largest absolute Gasteiger partial charge is 0.363 e. The van der Waals surface area contributed by atoms with Gasteiger partial charge < -0.3 is 10.6 Å². The fourth-order valence-electron chi connectivity index (χ4n) is 1.57. The highest BCUT2D eigenvalue weighted by molar-refractivity contribution is 7.80. The van der Waals surface area contributed by atoms with Crippen LogP contribution in [0.1, 0.15) is 39.5 Å². The molecular weight excluding hydrogens is 180 g/mol. The molecule has 76 valence electrons. The number of thiocarbonyl (C=S) groups is 1. The van der Waals surface area contributed by atoms with E-state index in [2.05, 4.69) is 24.5 Å². The summed E-state index contributed by atoms with van der Waals surface area (Å²) in [4.78, 5) is 0. The Balaban J connectivity index is 2.03. The first-order valence-corrected chi connectivity index (χ1v) is 5.73. The van der Waals surface area contributed by atoms with Crippen LogP contribution in [-0.4, -0.2) is 17.7 Å². The van der Waals surface area contributed by atoms with E-state index < -0.39 is 0 Å². The fraction of sp³-hybridized carbons (Fsp3) is 0.900. The van der Waals surface area contributed by atoms with Crippen molar-refractivity contribution in [2.24, 2.45) is 5.92 Å². The van der Waals surface area contributed by atoms with Gasteiger partial charge in [0.05, 0.1) is 0 Å². The van der Waals surface area contributed by atoms with Crippen LogP contribution in [0, 0.1) is 5.92 Å². The number of hydrogen-bond acceptors (Lipinski definition) is 1. The summed E-state index contributed by atoms with van der Waals surface area (Å²) in [6.07, 6.45) is 5.07. The van der Waals surface area contributed by atoms with Crippen molar-refractivity contribution in [2.75, 3.05) is 6.54 Å². The minimum Gasteiger partial charge on any atom is -0.363 e. The molecule has 0 spiro atoms. The van der Waals surface area contributed by atoms with E-state index in [4.69, 9.17) is 12.2 Å². The van der Waals surface area contributed by atoms with E-state index in [1.165, 1.54) is 19.3 Å². The Labute approximate surface area is 86.5 Å². The van der Waals surface area contributed by atoms with Gasteiger partial charge in [0, 0.05) is 12.6 Å². The van der Waals surface area contributed by atoms with Crippen molar-refractivity contribution >= 4 is 17.3 Å². The third-order valence-electron chi connectivity index (χ3n) is 2.43. The molecule has 13 heavy (non-hydrogen) atoms. The average Bonchev–Trinajstić information content (AvgIpc) is 2.81. The second kappa shape index (κ2) is 5.43. The SMILES string of the molecule is CCCNC(=S)NC1CC1CCC. The molecule has 3 heteroatoms. The van der Waals surface area contributed by atoms with Crippen LogP contribution in [-0.2, 0) is 0 Å². The van der Waals surface area contributed by atoms with E-state index in [-0.39, 0.29) is 0 Å². The number of rotatable bonds is 5. The molecule has 1 aliphatic carbocycles. The zero-order chi connectivity index (χ0) is 9.68. The van der Waals surface area contributed by atoms with Crippen LogP contribution in [0.25, 0.3) is 0 Å². The molecule has 0 heterocycles. The van der Waals surface area contributed by atoms with Crippen molar-refractivity contribution in [1.29, 1.82) is 0 Å². The summed E-state index contributed by atoms with van der Waals surface area (Å²) in [6.45, 7) is 5.37. The van der Waals surface area contributed by atoms with Gasteiger partial charge >= 0.3 is 0 Å². The van der Waals surface area contributed by atoms with Gasteiger partial charge in [-0.05, 0) is 37.4 Å². The summed E-state index contributed by atoms with van der Waals surface area (Å²) in [5, 5.41) is 7.37. The Morgan fingerprint density at radius 3 is 2.77 bits per heavy atom. The zero-order valence-corrected chi connectivity index (χ0v) is 9.41. The minimum atomic E-state index is 0.664. The molecule has 0 aromatic rings. The smallest absolute Gasteiger partial charge is 0.166 e. The lowest BCUT2D eigenvalue weighted by Gasteiger charge is -2.08. The average molecular weight is 200 g/mol. The highest BCUT2D eigenvalue weighted by atomic mass is 32.1. The Kier molecular flexibility index (Phi) is 4.50. The molecule has 1 fully saturated rings. The van der Waals surface area contributed by atoms with E-state index in [0.717, 1.165) is 24.0 Å². The molecule has 0 radical (unpaired) electrons. The summed E-state index contributed by atoms with van der Waals surface area (Å²) in [6, 6.07) is 0.664. The second-order valence-electron chi connectivity index (χ2n) is 3.79. The van der Waals surface area contributed by atoms with Crippen LogP contribution in [0.5, 0.6) is 0 Å². The molecular formula is C10H20N2S. The van der Waals surface area contributed by atoms with Crippen molar-refractivity contribution in [3.05, 3.63) is 0 Å². The topological polar surface area (TPSA) is 24.1 Å². The van der Waals surface area contributed by atoms with Gasteiger partial charge in [0.2, 0.25) is 0 Å². The third kappa shape index (κ3) is 3.94. The molecule has 1 rings (SSSR count). The van der Waals surface area contributed by atoms with E-state index in [0.29, 0.717) is 6.04 Å². The lowest BCUT2D eigenvalue weighted by atomic mass is 10.2. The molecule has 0 aromatic heterocycles. The Morgan fingerprint density at radius 1 is 1.38 bits per heavy atom. The Morgan fingerprint density at radius 2 is 2.15 bits per heavy atom. The summed E-state index contributed by atoms with van der Waals surface area (Å²) >= 11 is 5.15. The molecule has 0 aromatic carbocycles. The highest BCUT2D eigenvalue weighted by Gasteiger charge is 2.36. The van der Waals surface area contributed by atoms with Gasteiger partial charge in [0.15, 0.2) is 5.11 Å². The van der Waals surface area contributed by atoms with Gasteiger partial charge in [0.1, 0.15) is 0 Å². The van der Waals surface area contributed by atoms with E-state index >= 15 is 0 Å². The molecule has 0 bridgehead atoms. The van der Waals surface area contributed by atoms with E-state index in [1.807, 2.05) is 0 Å². The van der Waals surface area contributed by atoms with Gasteiger partial charge in [-0.15, -0.1) is 0 Å². The summed E-state index contributed by atoms with van der Waals surface area (Å²) in [5.41, 5.74) is 0. The van der Waals surface area contributed by atoms with Crippen molar-refractivity contribution in [3.8, 4) is 0 Å². The molecule has 2 nitrogen and oxygen atoms in total. The Bertz CT molecular complexity index is 170. The molecule has 0 saturated heterocycles. The van der Waals surface area contributed by atoms with Crippen molar-refractivity contribution in [1.82, 2.24) is 10.6 Å². The molecule has 1 saturated carbocycles.